The molecule has 0 bridgehead atoms. The van der Waals surface area contributed by atoms with Crippen LogP contribution in [0.15, 0.2) is 6.07 Å². The van der Waals surface area contributed by atoms with E-state index < -0.39 is 18.3 Å². The second kappa shape index (κ2) is 9.36. The molecule has 1 N–H and O–H groups in total. The standard InChI is InChI=1S/C18H25F4N5O2/c1-4-26(15(28)13-9-11(2)24-17(23-3)25-13)10-12-5-7-27(8-6-12)16(29)14(19)18(20,21)22/h9,12,14H,4-8,10H2,1-3H3,(H,23,24,25). The maximum absolute atomic E-state index is 13.3. The Morgan fingerprint density at radius 1 is 1.31 bits per heavy atom. The number of nitrogens with one attached hydrogen (secondary N) is 1. The molecule has 0 aliphatic carbocycles. The van der Waals surface area contributed by atoms with E-state index in [4.69, 9.17) is 0 Å². The molecular formula is C18H25F4N5O2. The summed E-state index contributed by atoms with van der Waals surface area (Å²) in [6.07, 6.45) is -7.90. The molecule has 1 fully saturated rings. The summed E-state index contributed by atoms with van der Waals surface area (Å²) in [5.74, 6) is -1.48. The molecule has 1 aromatic rings. The minimum Gasteiger partial charge on any atom is -0.357 e. The number of aryl methyl sites for hydroxylation is 1. The molecule has 1 unspecified atom stereocenters. The maximum atomic E-state index is 13.3. The maximum Gasteiger partial charge on any atom is 0.428 e. The van der Waals surface area contributed by atoms with Crippen molar-refractivity contribution in [2.24, 2.45) is 5.92 Å². The minimum atomic E-state index is -5.19. The van der Waals surface area contributed by atoms with Gasteiger partial charge in [-0.1, -0.05) is 0 Å². The van der Waals surface area contributed by atoms with Crippen LogP contribution in [0, 0.1) is 12.8 Å². The monoisotopic (exact) mass is 419 g/mol. The number of hydrogen-bond donors (Lipinski definition) is 1. The molecule has 7 nitrogen and oxygen atoms in total. The Labute approximate surface area is 166 Å². The van der Waals surface area contributed by atoms with Crippen molar-refractivity contribution in [2.75, 3.05) is 38.5 Å². The highest BCUT2D eigenvalue weighted by atomic mass is 19.4. The second-order valence-electron chi connectivity index (χ2n) is 6.98. The zero-order chi connectivity index (χ0) is 21.8. The van der Waals surface area contributed by atoms with E-state index in [0.29, 0.717) is 37.6 Å². The summed E-state index contributed by atoms with van der Waals surface area (Å²) in [4.78, 5) is 35.3. The predicted molar refractivity (Wildman–Crippen MR) is 98.1 cm³/mol. The molecule has 2 rings (SSSR count). The molecule has 1 atom stereocenters. The molecule has 162 valence electrons. The average molecular weight is 419 g/mol. The van der Waals surface area contributed by atoms with Crippen molar-refractivity contribution in [3.8, 4) is 0 Å². The fraction of sp³-hybridized carbons (Fsp3) is 0.667. The lowest BCUT2D eigenvalue weighted by atomic mass is 9.95. The number of anilines is 1. The molecule has 0 radical (unpaired) electrons. The lowest BCUT2D eigenvalue weighted by Gasteiger charge is -2.35. The Balaban J connectivity index is 1.97. The zero-order valence-electron chi connectivity index (χ0n) is 16.6. The SMILES string of the molecule is CCN(CC1CCN(C(=O)C(F)C(F)(F)F)CC1)C(=O)c1cc(C)nc(NC)n1. The van der Waals surface area contributed by atoms with Gasteiger partial charge in [0.25, 0.3) is 18.0 Å². The lowest BCUT2D eigenvalue weighted by Crippen LogP contribution is -2.48. The summed E-state index contributed by atoms with van der Waals surface area (Å²) in [5.41, 5.74) is 0.891. The van der Waals surface area contributed by atoms with Crippen molar-refractivity contribution in [3.63, 3.8) is 0 Å². The zero-order valence-corrected chi connectivity index (χ0v) is 16.6. The van der Waals surface area contributed by atoms with E-state index in [-0.39, 0.29) is 30.6 Å². The number of carbonyl (C=O) groups excluding carboxylic acids is 2. The Morgan fingerprint density at radius 3 is 2.45 bits per heavy atom. The van der Waals surface area contributed by atoms with Crippen LogP contribution in [0.2, 0.25) is 0 Å². The number of nitrogens with zero attached hydrogens (tertiary/aromatic N) is 4. The van der Waals surface area contributed by atoms with Gasteiger partial charge in [0.2, 0.25) is 5.95 Å². The second-order valence-corrected chi connectivity index (χ2v) is 6.98. The molecule has 2 amide bonds. The number of rotatable bonds is 6. The fourth-order valence-electron chi connectivity index (χ4n) is 3.26. The smallest absolute Gasteiger partial charge is 0.357 e. The van der Waals surface area contributed by atoms with Gasteiger partial charge in [0.15, 0.2) is 0 Å². The molecule has 0 aromatic carbocycles. The van der Waals surface area contributed by atoms with Gasteiger partial charge in [-0.2, -0.15) is 13.2 Å². The van der Waals surface area contributed by atoms with Crippen molar-refractivity contribution >= 4 is 17.8 Å². The third-order valence-electron chi connectivity index (χ3n) is 4.87. The van der Waals surface area contributed by atoms with Crippen LogP contribution in [0.1, 0.15) is 35.9 Å². The van der Waals surface area contributed by atoms with E-state index in [2.05, 4.69) is 15.3 Å². The number of alkyl halides is 4. The lowest BCUT2D eigenvalue weighted by molar-refractivity contribution is -0.193. The van der Waals surface area contributed by atoms with Gasteiger partial charge in [-0.3, -0.25) is 9.59 Å². The van der Waals surface area contributed by atoms with Crippen LogP contribution < -0.4 is 5.32 Å². The van der Waals surface area contributed by atoms with E-state index >= 15 is 0 Å². The summed E-state index contributed by atoms with van der Waals surface area (Å²) in [6, 6.07) is 1.59. The summed E-state index contributed by atoms with van der Waals surface area (Å²) >= 11 is 0. The summed E-state index contributed by atoms with van der Waals surface area (Å²) in [6.45, 7) is 4.44. The Kier molecular flexibility index (Phi) is 7.37. The molecular weight excluding hydrogens is 394 g/mol. The van der Waals surface area contributed by atoms with Crippen LogP contribution in [0.25, 0.3) is 0 Å². The molecule has 11 heteroatoms. The van der Waals surface area contributed by atoms with Crippen molar-refractivity contribution in [1.29, 1.82) is 0 Å². The summed E-state index contributed by atoms with van der Waals surface area (Å²) < 4.78 is 50.5. The topological polar surface area (TPSA) is 78.4 Å². The van der Waals surface area contributed by atoms with Crippen LogP contribution in [-0.4, -0.2) is 77.2 Å². The largest absolute Gasteiger partial charge is 0.428 e. The summed E-state index contributed by atoms with van der Waals surface area (Å²) in [7, 11) is 1.65. The van der Waals surface area contributed by atoms with Gasteiger partial charge in [-0.25, -0.2) is 14.4 Å². The molecule has 1 saturated heterocycles. The third-order valence-corrected chi connectivity index (χ3v) is 4.87. The van der Waals surface area contributed by atoms with Gasteiger partial charge in [-0.05, 0) is 38.7 Å². The van der Waals surface area contributed by atoms with Gasteiger partial charge in [0.05, 0.1) is 0 Å². The highest BCUT2D eigenvalue weighted by Crippen LogP contribution is 2.27. The molecule has 1 aliphatic rings. The number of piperidine rings is 1. The summed E-state index contributed by atoms with van der Waals surface area (Å²) in [5, 5.41) is 2.80. The van der Waals surface area contributed by atoms with Gasteiger partial charge >= 0.3 is 6.18 Å². The predicted octanol–water partition coefficient (Wildman–Crippen LogP) is 2.43. The van der Waals surface area contributed by atoms with E-state index in [9.17, 15) is 27.2 Å². The fourth-order valence-corrected chi connectivity index (χ4v) is 3.26. The first kappa shape index (κ1) is 22.8. The first-order valence-electron chi connectivity index (χ1n) is 9.39. The van der Waals surface area contributed by atoms with Crippen molar-refractivity contribution in [3.05, 3.63) is 17.5 Å². The van der Waals surface area contributed by atoms with Crippen LogP contribution >= 0.6 is 0 Å². The number of amides is 2. The van der Waals surface area contributed by atoms with Gasteiger partial charge in [0.1, 0.15) is 5.69 Å². The molecule has 1 aliphatic heterocycles. The van der Waals surface area contributed by atoms with E-state index in [1.807, 2.05) is 6.92 Å². The van der Waals surface area contributed by atoms with Gasteiger partial charge in [0, 0.05) is 38.9 Å². The number of likely N-dealkylation sites (tertiary alicyclic amines) is 1. The number of carbonyl (C=O) groups is 2. The molecule has 1 aromatic heterocycles. The molecule has 2 heterocycles. The average Bonchev–Trinajstić information content (AvgIpc) is 2.69. The Morgan fingerprint density at radius 2 is 1.93 bits per heavy atom. The Bertz CT molecular complexity index is 735. The quantitative estimate of drug-likeness (QED) is 0.717. The van der Waals surface area contributed by atoms with E-state index in [1.54, 1.807) is 24.9 Å². The van der Waals surface area contributed by atoms with E-state index in [0.717, 1.165) is 4.90 Å². The van der Waals surface area contributed by atoms with Crippen molar-refractivity contribution in [2.45, 2.75) is 39.0 Å². The van der Waals surface area contributed by atoms with Crippen molar-refractivity contribution in [1.82, 2.24) is 19.8 Å². The number of halogens is 4. The first-order valence-corrected chi connectivity index (χ1v) is 9.39. The molecule has 0 saturated carbocycles. The molecule has 29 heavy (non-hydrogen) atoms. The highest BCUT2D eigenvalue weighted by molar-refractivity contribution is 5.92. The van der Waals surface area contributed by atoms with Crippen LogP contribution in [-0.2, 0) is 4.79 Å². The third kappa shape index (κ3) is 5.77. The molecule has 0 spiro atoms. The number of aromatic nitrogens is 2. The minimum absolute atomic E-state index is 0.00129. The highest BCUT2D eigenvalue weighted by Gasteiger charge is 2.47. The van der Waals surface area contributed by atoms with Gasteiger partial charge in [-0.15, -0.1) is 0 Å². The number of hydrogen-bond acceptors (Lipinski definition) is 5. The van der Waals surface area contributed by atoms with Crippen LogP contribution in [0.4, 0.5) is 23.5 Å². The van der Waals surface area contributed by atoms with Crippen molar-refractivity contribution < 1.29 is 27.2 Å². The normalized spacial score (nSPS) is 16.4. The first-order chi connectivity index (χ1) is 13.6. The van der Waals surface area contributed by atoms with Crippen LogP contribution in [0.5, 0.6) is 0 Å². The van der Waals surface area contributed by atoms with E-state index in [1.165, 1.54) is 0 Å². The van der Waals surface area contributed by atoms with Gasteiger partial charge < -0.3 is 15.1 Å². The van der Waals surface area contributed by atoms with Crippen LogP contribution in [0.3, 0.4) is 0 Å². The Hall–Kier alpha value is -2.46.